The van der Waals surface area contributed by atoms with Crippen molar-refractivity contribution in [2.75, 3.05) is 31.7 Å². The Morgan fingerprint density at radius 1 is 1.18 bits per heavy atom. The van der Waals surface area contributed by atoms with Crippen molar-refractivity contribution in [2.24, 2.45) is 16.8 Å². The molecule has 0 N–H and O–H groups in total. The Labute approximate surface area is 238 Å². The van der Waals surface area contributed by atoms with Gasteiger partial charge in [0.25, 0.3) is 0 Å². The third-order valence-corrected chi connectivity index (χ3v) is 8.97. The number of hydrogen-bond donors (Lipinski definition) is 0. The Balaban J connectivity index is 1.08. The zero-order chi connectivity index (χ0) is 27.1. The minimum Gasteiger partial charge on any atom is -0.373 e. The summed E-state index contributed by atoms with van der Waals surface area (Å²) in [5.41, 5.74) is 4.74. The summed E-state index contributed by atoms with van der Waals surface area (Å²) in [7, 11) is 2.04. The smallest absolute Gasteiger partial charge is 0.150 e. The first-order chi connectivity index (χ1) is 18.9. The molecule has 9 heteroatoms. The number of fused-ring (bicyclic) bond motifs is 1. The highest BCUT2D eigenvalue weighted by atomic mass is 35.5. The molecule has 0 spiro atoms. The minimum atomic E-state index is 0.206. The number of aromatic nitrogens is 1. The number of carbonyl (C=O) groups excluding carboxylic acids is 1. The molecule has 0 bridgehead atoms. The number of rotatable bonds is 10. The third-order valence-electron chi connectivity index (χ3n) is 8.34. The van der Waals surface area contributed by atoms with Gasteiger partial charge in [-0.25, -0.2) is 0 Å². The molecule has 1 saturated heterocycles. The van der Waals surface area contributed by atoms with Gasteiger partial charge in [0.15, 0.2) is 0 Å². The van der Waals surface area contributed by atoms with Gasteiger partial charge in [-0.15, -0.1) is 0 Å². The molecule has 6 rings (SSSR count). The first kappa shape index (κ1) is 26.5. The van der Waals surface area contributed by atoms with Crippen LogP contribution in [-0.2, 0) is 11.3 Å². The Morgan fingerprint density at radius 2 is 1.90 bits per heavy atom. The van der Waals surface area contributed by atoms with Crippen LogP contribution < -0.4 is 4.90 Å². The average Bonchev–Trinajstić information content (AvgIpc) is 3.43. The maximum atomic E-state index is 11.3. The van der Waals surface area contributed by atoms with Crippen molar-refractivity contribution in [1.29, 1.82) is 0 Å². The van der Waals surface area contributed by atoms with E-state index in [4.69, 9.17) is 32.5 Å². The number of aliphatic imine (C=N–C) groups is 1. The summed E-state index contributed by atoms with van der Waals surface area (Å²) in [5.74, 6) is 2.53. The Hall–Kier alpha value is -2.71. The van der Waals surface area contributed by atoms with Gasteiger partial charge < -0.3 is 14.2 Å². The number of benzene rings is 2. The zero-order valence-electron chi connectivity index (χ0n) is 22.0. The van der Waals surface area contributed by atoms with E-state index < -0.39 is 0 Å². The number of carbonyl (C=O) groups is 1. The maximum Gasteiger partial charge on any atom is 0.150 e. The highest BCUT2D eigenvalue weighted by Crippen LogP contribution is 2.47. The molecule has 39 heavy (non-hydrogen) atoms. The largest absolute Gasteiger partial charge is 0.373 e. The second kappa shape index (κ2) is 11.0. The molecule has 2 saturated carbocycles. The third kappa shape index (κ3) is 5.38. The van der Waals surface area contributed by atoms with Gasteiger partial charge in [-0.3, -0.25) is 14.7 Å². The normalized spacial score (nSPS) is 22.7. The van der Waals surface area contributed by atoms with Crippen molar-refractivity contribution >= 4 is 47.6 Å². The van der Waals surface area contributed by atoms with Gasteiger partial charge in [-0.2, -0.15) is 0 Å². The summed E-state index contributed by atoms with van der Waals surface area (Å²) in [6.07, 6.45) is 5.37. The topological polar surface area (TPSA) is 71.2 Å². The lowest BCUT2D eigenvalue weighted by molar-refractivity contribution is 0.0371. The number of aldehydes is 1. The molecule has 0 amide bonds. The monoisotopic (exact) mass is 566 g/mol. The van der Waals surface area contributed by atoms with Crippen LogP contribution in [0.15, 0.2) is 45.9 Å². The summed E-state index contributed by atoms with van der Waals surface area (Å²) in [4.78, 5) is 20.1. The van der Waals surface area contributed by atoms with E-state index in [2.05, 4.69) is 26.7 Å². The predicted octanol–water partition coefficient (Wildman–Crippen LogP) is 6.99. The number of likely N-dealkylation sites (tertiary alicyclic amines) is 1. The van der Waals surface area contributed by atoms with Gasteiger partial charge in [-0.1, -0.05) is 34.4 Å². The second-order valence-corrected chi connectivity index (χ2v) is 11.9. The first-order valence-corrected chi connectivity index (χ1v) is 14.2. The SMILES string of the molecule is C=Nc1ccc(C=O)cc1N(C)CN1CC2CC(OCc3c(-c4c(Cl)cccc4Cl)noc3C3CC3)C[C@H]2C1. The predicted molar refractivity (Wildman–Crippen MR) is 155 cm³/mol. The van der Waals surface area contributed by atoms with E-state index in [1.807, 2.05) is 37.4 Å². The van der Waals surface area contributed by atoms with E-state index >= 15 is 0 Å². The lowest BCUT2D eigenvalue weighted by Gasteiger charge is -2.28. The molecule has 3 aromatic rings. The molecule has 2 aromatic carbocycles. The Morgan fingerprint density at radius 3 is 2.54 bits per heavy atom. The first-order valence-electron chi connectivity index (χ1n) is 13.5. The summed E-state index contributed by atoms with van der Waals surface area (Å²) in [6.45, 7) is 6.97. The van der Waals surface area contributed by atoms with Crippen molar-refractivity contribution < 1.29 is 14.1 Å². The lowest BCUT2D eigenvalue weighted by Crippen LogP contribution is -2.35. The number of halogens is 2. The number of hydrogen-bond acceptors (Lipinski definition) is 7. The van der Waals surface area contributed by atoms with Crippen LogP contribution in [0.4, 0.5) is 11.4 Å². The Bertz CT molecular complexity index is 1350. The second-order valence-electron chi connectivity index (χ2n) is 11.1. The van der Waals surface area contributed by atoms with Crippen LogP contribution in [0.25, 0.3) is 11.3 Å². The van der Waals surface area contributed by atoms with Gasteiger partial charge >= 0.3 is 0 Å². The van der Waals surface area contributed by atoms with E-state index in [1.165, 1.54) is 0 Å². The van der Waals surface area contributed by atoms with Crippen LogP contribution in [0.5, 0.6) is 0 Å². The Kier molecular flexibility index (Phi) is 7.51. The molecular formula is C30H32Cl2N4O3. The molecule has 7 nitrogen and oxygen atoms in total. The fraction of sp³-hybridized carbons (Fsp3) is 0.433. The van der Waals surface area contributed by atoms with Crippen LogP contribution >= 0.6 is 23.2 Å². The molecule has 1 aromatic heterocycles. The van der Waals surface area contributed by atoms with Crippen molar-refractivity contribution in [3.05, 3.63) is 63.3 Å². The van der Waals surface area contributed by atoms with E-state index in [0.717, 1.165) is 74.4 Å². The molecule has 204 valence electrons. The van der Waals surface area contributed by atoms with Gasteiger partial charge in [-0.05, 0) is 74.6 Å². The van der Waals surface area contributed by atoms with Crippen molar-refractivity contribution in [3.63, 3.8) is 0 Å². The van der Waals surface area contributed by atoms with Gasteiger partial charge in [0.2, 0.25) is 0 Å². The summed E-state index contributed by atoms with van der Waals surface area (Å²) >= 11 is 13.0. The van der Waals surface area contributed by atoms with Crippen LogP contribution in [-0.4, -0.2) is 56.0 Å². The van der Waals surface area contributed by atoms with Gasteiger partial charge in [0, 0.05) is 42.7 Å². The van der Waals surface area contributed by atoms with Crippen molar-refractivity contribution in [3.8, 4) is 11.3 Å². The van der Waals surface area contributed by atoms with Crippen LogP contribution in [0, 0.1) is 11.8 Å². The van der Waals surface area contributed by atoms with Crippen molar-refractivity contribution in [1.82, 2.24) is 10.1 Å². The maximum absolute atomic E-state index is 11.3. The number of anilines is 1. The summed E-state index contributed by atoms with van der Waals surface area (Å²) < 4.78 is 12.3. The molecule has 3 fully saturated rings. The molecule has 0 radical (unpaired) electrons. The standard InChI is InChI=1S/C30H32Cl2N4O3/c1-33-26-9-6-18(15-37)10-27(26)35(2)17-36-13-20-11-22(12-21(20)14-36)38-16-23-29(34-39-30(23)19-7-8-19)28-24(31)4-3-5-25(28)32/h3-6,9-10,15,19-22H,1,7-8,11-14,16-17H2,2H3/t20-,21?,22?/m0/s1. The molecular weight excluding hydrogens is 535 g/mol. The quantitative estimate of drug-likeness (QED) is 0.194. The molecule has 3 atom stereocenters. The van der Waals surface area contributed by atoms with Gasteiger partial charge in [0.05, 0.1) is 40.8 Å². The van der Waals surface area contributed by atoms with Crippen LogP contribution in [0.1, 0.15) is 53.3 Å². The average molecular weight is 568 g/mol. The number of ether oxygens (including phenoxy) is 1. The van der Waals surface area contributed by atoms with Crippen LogP contribution in [0.3, 0.4) is 0 Å². The van der Waals surface area contributed by atoms with E-state index in [1.54, 1.807) is 6.07 Å². The molecule has 3 aliphatic rings. The molecule has 2 unspecified atom stereocenters. The van der Waals surface area contributed by atoms with E-state index in [-0.39, 0.29) is 6.10 Å². The van der Waals surface area contributed by atoms with E-state index in [9.17, 15) is 4.79 Å². The van der Waals surface area contributed by atoms with E-state index in [0.29, 0.717) is 51.2 Å². The van der Waals surface area contributed by atoms with Gasteiger partial charge in [0.1, 0.15) is 17.7 Å². The minimum absolute atomic E-state index is 0.206. The summed E-state index contributed by atoms with van der Waals surface area (Å²) in [5, 5.41) is 5.52. The fourth-order valence-corrected chi connectivity index (χ4v) is 6.85. The summed E-state index contributed by atoms with van der Waals surface area (Å²) in [6, 6.07) is 11.0. The molecule has 1 aliphatic heterocycles. The molecule has 2 aliphatic carbocycles. The number of nitrogens with zero attached hydrogens (tertiary/aromatic N) is 4. The zero-order valence-corrected chi connectivity index (χ0v) is 23.5. The van der Waals surface area contributed by atoms with Crippen LogP contribution in [0.2, 0.25) is 10.0 Å². The van der Waals surface area contributed by atoms with Crippen molar-refractivity contribution in [2.45, 2.75) is 44.3 Å². The highest BCUT2D eigenvalue weighted by molar-refractivity contribution is 6.39. The highest BCUT2D eigenvalue weighted by Gasteiger charge is 2.42. The fourth-order valence-electron chi connectivity index (χ4n) is 6.27. The lowest BCUT2D eigenvalue weighted by atomic mass is 10.0. The molecule has 2 heterocycles.